The van der Waals surface area contributed by atoms with E-state index in [0.717, 1.165) is 41.7 Å². The quantitative estimate of drug-likeness (QED) is 0.470. The monoisotopic (exact) mass is 445 g/mol. The number of phenolic OH excluding ortho intramolecular Hbond substituents is 1. The summed E-state index contributed by atoms with van der Waals surface area (Å²) in [5.74, 6) is 1.99. The minimum absolute atomic E-state index is 0.102. The van der Waals surface area contributed by atoms with E-state index in [-0.39, 0.29) is 11.2 Å². The second-order valence-electron chi connectivity index (χ2n) is 9.42. The summed E-state index contributed by atoms with van der Waals surface area (Å²) in [6, 6.07) is 9.65. The number of aromatic hydroxyl groups is 1. The Balaban J connectivity index is 1.72. The van der Waals surface area contributed by atoms with E-state index in [1.807, 2.05) is 49.7 Å². The molecular weight excluding hydrogens is 414 g/mol. The van der Waals surface area contributed by atoms with Gasteiger partial charge in [-0.3, -0.25) is 9.69 Å². The van der Waals surface area contributed by atoms with Gasteiger partial charge in [0, 0.05) is 20.1 Å². The number of benzene rings is 2. The van der Waals surface area contributed by atoms with Crippen LogP contribution in [0.1, 0.15) is 43.6 Å². The zero-order valence-corrected chi connectivity index (χ0v) is 19.8. The first-order valence-electron chi connectivity index (χ1n) is 11.8. The maximum Gasteiger partial charge on any atom is 0.203 e. The highest BCUT2D eigenvalue weighted by Gasteiger charge is 2.25. The van der Waals surface area contributed by atoms with Crippen LogP contribution < -0.4 is 5.43 Å². The number of hydrogen-bond acceptors (Lipinski definition) is 5. The molecule has 0 radical (unpaired) electrons. The standard InChI is InChI=1S/C27H31N3O3/c1-5-18-13-19-25(32)23(27-28-21-10-6-7-11-22(21)29(27)4)17(3)33-26(19)20(24(18)31)15-30-12-8-9-16(2)14-30/h6-7,10-11,13,16,31H,5,8-9,12,14-15H2,1-4H3. The summed E-state index contributed by atoms with van der Waals surface area (Å²) in [5.41, 5.74) is 4.17. The molecule has 5 rings (SSSR count). The summed E-state index contributed by atoms with van der Waals surface area (Å²) in [4.78, 5) is 20.9. The molecule has 3 heterocycles. The van der Waals surface area contributed by atoms with Crippen molar-refractivity contribution in [1.29, 1.82) is 0 Å². The molecule has 1 aliphatic heterocycles. The van der Waals surface area contributed by atoms with Crippen molar-refractivity contribution in [3.05, 3.63) is 57.4 Å². The number of aromatic nitrogens is 2. The Morgan fingerprint density at radius 2 is 2.06 bits per heavy atom. The van der Waals surface area contributed by atoms with Crippen LogP contribution in [0.5, 0.6) is 5.75 Å². The lowest BCUT2D eigenvalue weighted by Gasteiger charge is -2.31. The SMILES string of the molecule is CCc1cc2c(=O)c(-c3nc4ccccc4n3C)c(C)oc2c(CN2CCCC(C)C2)c1O. The molecule has 2 aromatic carbocycles. The van der Waals surface area contributed by atoms with Crippen LogP contribution in [0.15, 0.2) is 39.5 Å². The molecule has 1 fully saturated rings. The normalized spacial score (nSPS) is 17.3. The van der Waals surface area contributed by atoms with Crippen LogP contribution in [0.2, 0.25) is 0 Å². The molecule has 0 saturated carbocycles. The van der Waals surface area contributed by atoms with Gasteiger partial charge >= 0.3 is 0 Å². The van der Waals surface area contributed by atoms with Gasteiger partial charge in [-0.05, 0) is 62.4 Å². The fourth-order valence-electron chi connectivity index (χ4n) is 5.25. The first kappa shape index (κ1) is 21.7. The molecule has 1 unspecified atom stereocenters. The number of likely N-dealkylation sites (tertiary alicyclic amines) is 1. The lowest BCUT2D eigenvalue weighted by molar-refractivity contribution is 0.175. The third-order valence-corrected chi connectivity index (χ3v) is 7.02. The second kappa shape index (κ2) is 8.34. The predicted molar refractivity (Wildman–Crippen MR) is 132 cm³/mol. The van der Waals surface area contributed by atoms with Crippen LogP contribution in [-0.2, 0) is 20.0 Å². The highest BCUT2D eigenvalue weighted by molar-refractivity contribution is 5.88. The number of hydrogen-bond donors (Lipinski definition) is 1. The van der Waals surface area contributed by atoms with Crippen LogP contribution >= 0.6 is 0 Å². The molecule has 1 atom stereocenters. The third-order valence-electron chi connectivity index (χ3n) is 7.02. The summed E-state index contributed by atoms with van der Waals surface area (Å²) in [5, 5.41) is 11.6. The zero-order valence-electron chi connectivity index (χ0n) is 19.8. The number of rotatable bonds is 4. The van der Waals surface area contributed by atoms with E-state index in [9.17, 15) is 9.90 Å². The minimum Gasteiger partial charge on any atom is -0.507 e. The Bertz CT molecular complexity index is 1420. The van der Waals surface area contributed by atoms with Gasteiger partial charge in [0.2, 0.25) is 5.43 Å². The summed E-state index contributed by atoms with van der Waals surface area (Å²) in [7, 11) is 1.92. The Hall–Kier alpha value is -3.12. The number of aryl methyl sites for hydroxylation is 3. The van der Waals surface area contributed by atoms with Crippen LogP contribution in [0.3, 0.4) is 0 Å². The van der Waals surface area contributed by atoms with Gasteiger partial charge in [0.25, 0.3) is 0 Å². The van der Waals surface area contributed by atoms with Crippen LogP contribution in [0.4, 0.5) is 0 Å². The van der Waals surface area contributed by atoms with Gasteiger partial charge in [-0.2, -0.15) is 0 Å². The number of phenols is 1. The van der Waals surface area contributed by atoms with Gasteiger partial charge in [-0.25, -0.2) is 4.98 Å². The van der Waals surface area contributed by atoms with Crippen molar-refractivity contribution in [2.24, 2.45) is 13.0 Å². The largest absolute Gasteiger partial charge is 0.507 e. The molecule has 1 aliphatic rings. The molecule has 6 nitrogen and oxygen atoms in total. The molecule has 33 heavy (non-hydrogen) atoms. The first-order valence-corrected chi connectivity index (χ1v) is 11.8. The molecule has 0 aliphatic carbocycles. The van der Waals surface area contributed by atoms with Gasteiger partial charge in [0.15, 0.2) is 0 Å². The molecule has 0 spiro atoms. The molecule has 1 N–H and O–H groups in total. The number of para-hydroxylation sites is 2. The van der Waals surface area contributed by atoms with E-state index in [1.54, 1.807) is 6.07 Å². The molecule has 172 valence electrons. The maximum absolute atomic E-state index is 13.8. The number of piperidine rings is 1. The Kier molecular flexibility index (Phi) is 5.49. The molecule has 0 amide bonds. The van der Waals surface area contributed by atoms with Crippen molar-refractivity contribution in [1.82, 2.24) is 14.5 Å². The first-order chi connectivity index (χ1) is 15.9. The molecule has 1 saturated heterocycles. The number of nitrogens with zero attached hydrogens (tertiary/aromatic N) is 3. The van der Waals surface area contributed by atoms with E-state index in [4.69, 9.17) is 9.40 Å². The lowest BCUT2D eigenvalue weighted by Crippen LogP contribution is -2.33. The third kappa shape index (κ3) is 3.62. The number of imidazole rings is 1. The van der Waals surface area contributed by atoms with Crippen LogP contribution in [0.25, 0.3) is 33.4 Å². The predicted octanol–water partition coefficient (Wildman–Crippen LogP) is 5.16. The highest BCUT2D eigenvalue weighted by atomic mass is 16.3. The molecule has 2 aromatic heterocycles. The van der Waals surface area contributed by atoms with Crippen molar-refractivity contribution in [3.63, 3.8) is 0 Å². The average Bonchev–Trinajstić information content (AvgIpc) is 3.12. The van der Waals surface area contributed by atoms with Gasteiger partial charge < -0.3 is 14.1 Å². The van der Waals surface area contributed by atoms with E-state index < -0.39 is 0 Å². The Morgan fingerprint density at radius 3 is 2.79 bits per heavy atom. The van der Waals surface area contributed by atoms with E-state index >= 15 is 0 Å². The van der Waals surface area contributed by atoms with E-state index in [0.29, 0.717) is 47.0 Å². The Labute approximate surface area is 193 Å². The fraction of sp³-hybridized carbons (Fsp3) is 0.407. The summed E-state index contributed by atoms with van der Waals surface area (Å²) in [6.07, 6.45) is 3.01. The summed E-state index contributed by atoms with van der Waals surface area (Å²) >= 11 is 0. The molecule has 4 aromatic rings. The van der Waals surface area contributed by atoms with E-state index in [1.165, 1.54) is 6.42 Å². The Morgan fingerprint density at radius 1 is 1.27 bits per heavy atom. The van der Waals surface area contributed by atoms with Gasteiger partial charge in [-0.15, -0.1) is 0 Å². The maximum atomic E-state index is 13.8. The lowest BCUT2D eigenvalue weighted by atomic mass is 9.97. The van der Waals surface area contributed by atoms with Crippen molar-refractivity contribution >= 4 is 22.0 Å². The smallest absolute Gasteiger partial charge is 0.203 e. The zero-order chi connectivity index (χ0) is 23.3. The van der Waals surface area contributed by atoms with Gasteiger partial charge in [0.05, 0.1) is 22.0 Å². The minimum atomic E-state index is -0.102. The fourth-order valence-corrected chi connectivity index (χ4v) is 5.25. The summed E-state index contributed by atoms with van der Waals surface area (Å²) < 4.78 is 8.26. The van der Waals surface area contributed by atoms with E-state index in [2.05, 4.69) is 11.8 Å². The highest BCUT2D eigenvalue weighted by Crippen LogP contribution is 2.35. The summed E-state index contributed by atoms with van der Waals surface area (Å²) in [6.45, 7) is 8.62. The molecule has 6 heteroatoms. The number of fused-ring (bicyclic) bond motifs is 2. The van der Waals surface area contributed by atoms with Crippen molar-refractivity contribution in [2.45, 2.75) is 46.6 Å². The molecular formula is C27H31N3O3. The van der Waals surface area contributed by atoms with Crippen molar-refractivity contribution in [2.75, 3.05) is 13.1 Å². The van der Waals surface area contributed by atoms with Crippen LogP contribution in [0, 0.1) is 12.8 Å². The molecule has 0 bridgehead atoms. The van der Waals surface area contributed by atoms with Gasteiger partial charge in [-0.1, -0.05) is 26.0 Å². The van der Waals surface area contributed by atoms with Gasteiger partial charge in [0.1, 0.15) is 28.5 Å². The van der Waals surface area contributed by atoms with Crippen molar-refractivity contribution in [3.8, 4) is 17.1 Å². The topological polar surface area (TPSA) is 71.5 Å². The second-order valence-corrected chi connectivity index (χ2v) is 9.42. The average molecular weight is 446 g/mol. The van der Waals surface area contributed by atoms with Crippen LogP contribution in [-0.4, -0.2) is 32.6 Å². The van der Waals surface area contributed by atoms with Crippen molar-refractivity contribution < 1.29 is 9.52 Å².